The Kier molecular flexibility index (Phi) is 3.99. The molecule has 78 valence electrons. The van der Waals surface area contributed by atoms with Crippen LogP contribution in [0.15, 0.2) is 6.07 Å². The Labute approximate surface area is 93.8 Å². The topological polar surface area (TPSA) is 48.1 Å². The molecule has 1 aromatic heterocycles. The van der Waals surface area contributed by atoms with E-state index in [9.17, 15) is 8.78 Å². The molecule has 0 fully saturated rings. The van der Waals surface area contributed by atoms with Crippen molar-refractivity contribution < 1.29 is 13.5 Å². The first-order valence-corrected chi connectivity index (χ1v) is 4.89. The second kappa shape index (κ2) is 4.83. The molecule has 0 aliphatic heterocycles. The van der Waals surface area contributed by atoms with Crippen molar-refractivity contribution in [2.75, 3.05) is 7.11 Å². The Morgan fingerprint density at radius 1 is 1.64 bits per heavy atom. The van der Waals surface area contributed by atoms with Crippen molar-refractivity contribution in [2.45, 2.75) is 13.0 Å². The van der Waals surface area contributed by atoms with Gasteiger partial charge in [-0.1, -0.05) is 0 Å². The van der Waals surface area contributed by atoms with Crippen LogP contribution in [0, 0.1) is 3.57 Å². The van der Waals surface area contributed by atoms with Gasteiger partial charge in [-0.3, -0.25) is 0 Å². The van der Waals surface area contributed by atoms with Gasteiger partial charge in [0.1, 0.15) is 5.69 Å². The summed E-state index contributed by atoms with van der Waals surface area (Å²) in [6.07, 6.45) is -2.61. The molecule has 1 rings (SSSR count). The average molecular weight is 314 g/mol. The fraction of sp³-hybridized carbons (Fsp3) is 0.375. The third kappa shape index (κ3) is 2.30. The Hall–Kier alpha value is -0.500. The third-order valence-corrected chi connectivity index (χ3v) is 2.92. The second-order valence-electron chi connectivity index (χ2n) is 2.53. The number of hydrogen-bond donors (Lipinski definition) is 1. The highest BCUT2D eigenvalue weighted by Gasteiger charge is 2.17. The van der Waals surface area contributed by atoms with Gasteiger partial charge in [0.15, 0.2) is 0 Å². The zero-order valence-electron chi connectivity index (χ0n) is 7.43. The summed E-state index contributed by atoms with van der Waals surface area (Å²) in [5, 5.41) is 0. The van der Waals surface area contributed by atoms with Gasteiger partial charge in [-0.2, -0.15) is 0 Å². The number of pyridine rings is 1. The molecule has 0 bridgehead atoms. The van der Waals surface area contributed by atoms with Crippen LogP contribution in [0.1, 0.15) is 17.7 Å². The second-order valence-corrected chi connectivity index (χ2v) is 3.61. The van der Waals surface area contributed by atoms with Gasteiger partial charge in [-0.15, -0.1) is 0 Å². The normalized spacial score (nSPS) is 10.7. The van der Waals surface area contributed by atoms with E-state index in [4.69, 9.17) is 10.5 Å². The molecule has 1 heterocycles. The van der Waals surface area contributed by atoms with E-state index >= 15 is 0 Å². The molecule has 0 aliphatic rings. The summed E-state index contributed by atoms with van der Waals surface area (Å²) in [6.45, 7) is 0.191. The molecule has 0 saturated heterocycles. The molecular weight excluding hydrogens is 305 g/mol. The first-order chi connectivity index (χ1) is 6.60. The molecule has 0 aliphatic carbocycles. The Bertz CT molecular complexity index is 333. The maximum Gasteiger partial charge on any atom is 0.281 e. The Morgan fingerprint density at radius 2 is 2.29 bits per heavy atom. The number of nitrogens with two attached hydrogens (primary N) is 1. The van der Waals surface area contributed by atoms with E-state index in [1.807, 2.05) is 22.6 Å². The van der Waals surface area contributed by atoms with E-state index in [1.54, 1.807) is 6.07 Å². The van der Waals surface area contributed by atoms with E-state index < -0.39 is 6.43 Å². The van der Waals surface area contributed by atoms with Crippen LogP contribution in [0.5, 0.6) is 5.88 Å². The Morgan fingerprint density at radius 3 is 2.71 bits per heavy atom. The molecule has 0 atom stereocenters. The number of methoxy groups -OCH3 is 1. The highest BCUT2D eigenvalue weighted by molar-refractivity contribution is 14.1. The van der Waals surface area contributed by atoms with Crippen molar-refractivity contribution in [3.05, 3.63) is 20.9 Å². The molecule has 1 aromatic rings. The molecule has 0 radical (unpaired) electrons. The predicted molar refractivity (Wildman–Crippen MR) is 56.4 cm³/mol. The van der Waals surface area contributed by atoms with Crippen LogP contribution >= 0.6 is 22.6 Å². The van der Waals surface area contributed by atoms with Gasteiger partial charge >= 0.3 is 0 Å². The van der Waals surface area contributed by atoms with Crippen molar-refractivity contribution in [3.63, 3.8) is 0 Å². The zero-order valence-corrected chi connectivity index (χ0v) is 9.59. The van der Waals surface area contributed by atoms with E-state index in [2.05, 4.69) is 4.98 Å². The molecule has 0 saturated carbocycles. The summed E-state index contributed by atoms with van der Waals surface area (Å²) in [7, 11) is 1.38. The quantitative estimate of drug-likeness (QED) is 0.869. The van der Waals surface area contributed by atoms with Crippen LogP contribution < -0.4 is 10.5 Å². The summed E-state index contributed by atoms with van der Waals surface area (Å²) in [5.41, 5.74) is 5.76. The lowest BCUT2D eigenvalue weighted by atomic mass is 10.2. The lowest BCUT2D eigenvalue weighted by Gasteiger charge is -2.09. The number of hydrogen-bond acceptors (Lipinski definition) is 3. The number of alkyl halides is 2. The van der Waals surface area contributed by atoms with Crippen molar-refractivity contribution in [3.8, 4) is 5.88 Å². The van der Waals surface area contributed by atoms with Crippen LogP contribution in [0.2, 0.25) is 0 Å². The molecular formula is C8H9F2IN2O. The van der Waals surface area contributed by atoms with Gasteiger partial charge < -0.3 is 10.5 Å². The SMILES string of the molecule is COc1cc(CN)c(I)c(C(F)F)n1. The van der Waals surface area contributed by atoms with Gasteiger partial charge in [0.05, 0.1) is 7.11 Å². The summed E-state index contributed by atoms with van der Waals surface area (Å²) in [6, 6.07) is 1.56. The monoisotopic (exact) mass is 314 g/mol. The van der Waals surface area contributed by atoms with Crippen molar-refractivity contribution in [1.82, 2.24) is 4.98 Å². The lowest BCUT2D eigenvalue weighted by molar-refractivity contribution is 0.143. The maximum atomic E-state index is 12.5. The minimum Gasteiger partial charge on any atom is -0.481 e. The van der Waals surface area contributed by atoms with Gasteiger partial charge in [0.25, 0.3) is 6.43 Å². The number of rotatable bonds is 3. The fourth-order valence-corrected chi connectivity index (χ4v) is 1.71. The number of aromatic nitrogens is 1. The molecule has 0 spiro atoms. The van der Waals surface area contributed by atoms with Crippen LogP contribution in [-0.4, -0.2) is 12.1 Å². The molecule has 0 unspecified atom stereocenters. The summed E-state index contributed by atoms with van der Waals surface area (Å²) < 4.78 is 30.2. The highest BCUT2D eigenvalue weighted by Crippen LogP contribution is 2.27. The number of ether oxygens (including phenoxy) is 1. The maximum absolute atomic E-state index is 12.5. The smallest absolute Gasteiger partial charge is 0.281 e. The summed E-state index contributed by atoms with van der Waals surface area (Å²) in [4.78, 5) is 3.66. The standard InChI is InChI=1S/C8H9F2IN2O/c1-14-5-2-4(3-12)6(11)7(13-5)8(9)10/h2,8H,3,12H2,1H3. The van der Waals surface area contributed by atoms with Gasteiger partial charge in [0.2, 0.25) is 5.88 Å². The lowest BCUT2D eigenvalue weighted by Crippen LogP contribution is -2.06. The molecule has 14 heavy (non-hydrogen) atoms. The third-order valence-electron chi connectivity index (χ3n) is 1.67. The average Bonchev–Trinajstić information content (AvgIpc) is 2.17. The van der Waals surface area contributed by atoms with E-state index in [0.717, 1.165) is 0 Å². The largest absolute Gasteiger partial charge is 0.481 e. The van der Waals surface area contributed by atoms with E-state index in [1.165, 1.54) is 7.11 Å². The van der Waals surface area contributed by atoms with Crippen LogP contribution in [0.3, 0.4) is 0 Å². The molecule has 2 N–H and O–H groups in total. The van der Waals surface area contributed by atoms with Gasteiger partial charge in [-0.25, -0.2) is 13.8 Å². The van der Waals surface area contributed by atoms with Crippen LogP contribution in [0.25, 0.3) is 0 Å². The predicted octanol–water partition coefficient (Wildman–Crippen LogP) is 2.09. The van der Waals surface area contributed by atoms with Crippen molar-refractivity contribution in [1.29, 1.82) is 0 Å². The number of nitrogens with zero attached hydrogens (tertiary/aromatic N) is 1. The molecule has 0 aromatic carbocycles. The number of halogens is 3. The van der Waals surface area contributed by atoms with Crippen molar-refractivity contribution >= 4 is 22.6 Å². The Balaban J connectivity index is 3.27. The fourth-order valence-electron chi connectivity index (χ4n) is 0.975. The molecule has 6 heteroatoms. The van der Waals surface area contributed by atoms with Crippen molar-refractivity contribution in [2.24, 2.45) is 5.73 Å². The van der Waals surface area contributed by atoms with Crippen LogP contribution in [-0.2, 0) is 6.54 Å². The first-order valence-electron chi connectivity index (χ1n) is 3.81. The highest BCUT2D eigenvalue weighted by atomic mass is 127. The zero-order chi connectivity index (χ0) is 10.7. The minimum absolute atomic E-state index is 0.168. The first kappa shape index (κ1) is 11.6. The van der Waals surface area contributed by atoms with E-state index in [0.29, 0.717) is 9.13 Å². The van der Waals surface area contributed by atoms with Gasteiger partial charge in [0, 0.05) is 16.2 Å². The summed E-state index contributed by atoms with van der Waals surface area (Å²) in [5.74, 6) is 0.168. The van der Waals surface area contributed by atoms with E-state index in [-0.39, 0.29) is 18.1 Å². The molecule has 3 nitrogen and oxygen atoms in total. The van der Waals surface area contributed by atoms with Crippen LogP contribution in [0.4, 0.5) is 8.78 Å². The minimum atomic E-state index is -2.61. The van der Waals surface area contributed by atoms with Gasteiger partial charge in [-0.05, 0) is 28.2 Å². The summed E-state index contributed by atoms with van der Waals surface area (Å²) >= 11 is 1.81. The molecule has 0 amide bonds.